The van der Waals surface area contributed by atoms with Crippen molar-refractivity contribution in [3.63, 3.8) is 0 Å². The van der Waals surface area contributed by atoms with Crippen LogP contribution in [0.1, 0.15) is 10.4 Å². The van der Waals surface area contributed by atoms with Gasteiger partial charge in [-0.1, -0.05) is 0 Å². The maximum atomic E-state index is 12.1. The Balaban J connectivity index is 2.42. The van der Waals surface area contributed by atoms with E-state index in [4.69, 9.17) is 10.8 Å². The summed E-state index contributed by atoms with van der Waals surface area (Å²) in [7, 11) is 0. The van der Waals surface area contributed by atoms with Crippen LogP contribution in [0, 0.1) is 10.1 Å². The Morgan fingerprint density at radius 2 is 2.08 bits per heavy atom. The van der Waals surface area contributed by atoms with Gasteiger partial charge >= 0.3 is 0 Å². The van der Waals surface area contributed by atoms with E-state index in [1.54, 1.807) is 0 Å². The number of rotatable bonds is 6. The van der Waals surface area contributed by atoms with Crippen LogP contribution in [0.3, 0.4) is 0 Å². The molecular weight excluding hydrogens is 388 g/mol. The van der Waals surface area contributed by atoms with Crippen LogP contribution < -0.4 is 11.1 Å². The maximum absolute atomic E-state index is 12.1. The standard InChI is InChI=1S/C13H11BrN4O6/c14-7-3-6(12(15)21)4-9(18(23)24)11(7)16-8-5-10(20)17(1-2-19)13(8)22/h3-5,16,19H,1-2H2,(H2,15,21). The van der Waals surface area contributed by atoms with E-state index in [1.165, 1.54) is 6.07 Å². The van der Waals surface area contributed by atoms with E-state index in [0.29, 0.717) is 0 Å². The van der Waals surface area contributed by atoms with Crippen LogP contribution in [-0.4, -0.2) is 45.8 Å². The lowest BCUT2D eigenvalue weighted by Gasteiger charge is -2.14. The number of carbonyl (C=O) groups is 3. The lowest BCUT2D eigenvalue weighted by Crippen LogP contribution is -2.34. The van der Waals surface area contributed by atoms with Gasteiger partial charge in [0.05, 0.1) is 18.1 Å². The molecule has 24 heavy (non-hydrogen) atoms. The molecule has 1 heterocycles. The fraction of sp³-hybridized carbons (Fsp3) is 0.154. The smallest absolute Gasteiger partial charge is 0.294 e. The van der Waals surface area contributed by atoms with Crippen molar-refractivity contribution in [3.05, 3.63) is 44.1 Å². The van der Waals surface area contributed by atoms with Gasteiger partial charge in [-0.25, -0.2) is 0 Å². The van der Waals surface area contributed by atoms with E-state index in [1.807, 2.05) is 0 Å². The average molecular weight is 399 g/mol. The molecule has 0 aliphatic carbocycles. The summed E-state index contributed by atoms with van der Waals surface area (Å²) in [6.45, 7) is -0.598. The second kappa shape index (κ2) is 6.76. The van der Waals surface area contributed by atoms with Gasteiger partial charge in [0.1, 0.15) is 11.4 Å². The van der Waals surface area contributed by atoms with Crippen molar-refractivity contribution in [2.24, 2.45) is 5.73 Å². The quantitative estimate of drug-likeness (QED) is 0.348. The van der Waals surface area contributed by atoms with Gasteiger partial charge in [0.2, 0.25) is 5.91 Å². The van der Waals surface area contributed by atoms with E-state index in [2.05, 4.69) is 21.2 Å². The normalized spacial score (nSPS) is 13.9. The molecule has 0 saturated carbocycles. The molecule has 0 bridgehead atoms. The van der Waals surface area contributed by atoms with Crippen molar-refractivity contribution in [3.8, 4) is 0 Å². The molecule has 11 heteroatoms. The number of benzene rings is 1. The van der Waals surface area contributed by atoms with Crippen molar-refractivity contribution in [2.75, 3.05) is 18.5 Å². The Morgan fingerprint density at radius 3 is 2.62 bits per heavy atom. The van der Waals surface area contributed by atoms with Crippen molar-refractivity contribution < 1.29 is 24.4 Å². The zero-order valence-corrected chi connectivity index (χ0v) is 13.6. The van der Waals surface area contributed by atoms with Crippen LogP contribution >= 0.6 is 15.9 Å². The summed E-state index contributed by atoms with van der Waals surface area (Å²) in [5, 5.41) is 22.6. The van der Waals surface area contributed by atoms with Crippen molar-refractivity contribution in [1.29, 1.82) is 0 Å². The first-order chi connectivity index (χ1) is 11.3. The number of β-amino-alcohol motifs (C(OH)–C–C–N with tert-alkyl or cyclic N) is 1. The third-order valence-electron chi connectivity index (χ3n) is 3.14. The molecule has 1 aliphatic heterocycles. The number of nitrogens with zero attached hydrogens (tertiary/aromatic N) is 2. The number of nitro benzene ring substituents is 1. The summed E-state index contributed by atoms with van der Waals surface area (Å²) in [5.41, 5.74) is 4.22. The number of anilines is 1. The number of halogens is 1. The van der Waals surface area contributed by atoms with Gasteiger partial charge in [0.15, 0.2) is 0 Å². The number of hydrogen-bond donors (Lipinski definition) is 3. The predicted octanol–water partition coefficient (Wildman–Crippen LogP) is 0.113. The highest BCUT2D eigenvalue weighted by atomic mass is 79.9. The molecule has 0 atom stereocenters. The van der Waals surface area contributed by atoms with Crippen LogP contribution in [0.4, 0.5) is 11.4 Å². The number of nitrogens with one attached hydrogen (secondary N) is 1. The fourth-order valence-corrected chi connectivity index (χ4v) is 2.60. The summed E-state index contributed by atoms with van der Waals surface area (Å²) < 4.78 is 0.118. The topological polar surface area (TPSA) is 156 Å². The molecule has 2 rings (SSSR count). The zero-order valence-electron chi connectivity index (χ0n) is 12.0. The maximum Gasteiger partial charge on any atom is 0.294 e. The van der Waals surface area contributed by atoms with Gasteiger partial charge in [0, 0.05) is 22.2 Å². The van der Waals surface area contributed by atoms with Gasteiger partial charge in [0.25, 0.3) is 17.5 Å². The number of aliphatic hydroxyl groups excluding tert-OH is 1. The number of imide groups is 1. The molecule has 126 valence electrons. The second-order valence-electron chi connectivity index (χ2n) is 4.68. The molecule has 1 aromatic rings. The van der Waals surface area contributed by atoms with E-state index in [-0.39, 0.29) is 28.0 Å². The van der Waals surface area contributed by atoms with E-state index >= 15 is 0 Å². The number of nitrogens with two attached hydrogens (primary N) is 1. The molecule has 10 nitrogen and oxygen atoms in total. The van der Waals surface area contributed by atoms with Gasteiger partial charge in [-0.3, -0.25) is 29.4 Å². The lowest BCUT2D eigenvalue weighted by molar-refractivity contribution is -0.384. The van der Waals surface area contributed by atoms with Crippen molar-refractivity contribution in [1.82, 2.24) is 4.90 Å². The molecule has 0 saturated heterocycles. The van der Waals surface area contributed by atoms with Crippen LogP contribution in [-0.2, 0) is 9.59 Å². The highest BCUT2D eigenvalue weighted by Gasteiger charge is 2.32. The van der Waals surface area contributed by atoms with Crippen LogP contribution in [0.5, 0.6) is 0 Å². The third-order valence-corrected chi connectivity index (χ3v) is 3.77. The van der Waals surface area contributed by atoms with Crippen molar-refractivity contribution >= 4 is 45.0 Å². The second-order valence-corrected chi connectivity index (χ2v) is 5.53. The number of nitro groups is 1. The Morgan fingerprint density at radius 1 is 1.42 bits per heavy atom. The predicted molar refractivity (Wildman–Crippen MR) is 84.8 cm³/mol. The first-order valence-electron chi connectivity index (χ1n) is 6.49. The van der Waals surface area contributed by atoms with Gasteiger partial charge < -0.3 is 16.2 Å². The monoisotopic (exact) mass is 398 g/mol. The summed E-state index contributed by atoms with van der Waals surface area (Å²) in [5.74, 6) is -2.23. The first-order valence-corrected chi connectivity index (χ1v) is 7.28. The van der Waals surface area contributed by atoms with Crippen LogP contribution in [0.15, 0.2) is 28.4 Å². The largest absolute Gasteiger partial charge is 0.395 e. The number of amides is 3. The first kappa shape index (κ1) is 17.6. The molecule has 0 radical (unpaired) electrons. The van der Waals surface area contributed by atoms with E-state index < -0.39 is 34.9 Å². The van der Waals surface area contributed by atoms with Crippen LogP contribution in [0.2, 0.25) is 0 Å². The van der Waals surface area contributed by atoms with E-state index in [9.17, 15) is 24.5 Å². The Hall–Kier alpha value is -2.79. The Kier molecular flexibility index (Phi) is 4.95. The number of primary amides is 1. The third kappa shape index (κ3) is 3.26. The summed E-state index contributed by atoms with van der Waals surface area (Å²) >= 11 is 3.07. The number of hydrogen-bond acceptors (Lipinski definition) is 7. The lowest BCUT2D eigenvalue weighted by atomic mass is 10.1. The molecule has 0 fully saturated rings. The van der Waals surface area contributed by atoms with Gasteiger partial charge in [-0.2, -0.15) is 0 Å². The highest BCUT2D eigenvalue weighted by Crippen LogP contribution is 2.35. The average Bonchev–Trinajstić information content (AvgIpc) is 2.76. The minimum Gasteiger partial charge on any atom is -0.395 e. The minimum absolute atomic E-state index is 0.0937. The molecule has 0 aromatic heterocycles. The Bertz CT molecular complexity index is 791. The summed E-state index contributed by atoms with van der Waals surface area (Å²) in [6.07, 6.45) is 0.968. The molecular formula is C13H11BrN4O6. The minimum atomic E-state index is -0.856. The highest BCUT2D eigenvalue weighted by molar-refractivity contribution is 9.10. The molecule has 0 unspecified atom stereocenters. The molecule has 0 spiro atoms. The molecule has 3 amide bonds. The zero-order chi connectivity index (χ0) is 18.0. The summed E-state index contributed by atoms with van der Waals surface area (Å²) in [4.78, 5) is 46.2. The van der Waals surface area contributed by atoms with Crippen molar-refractivity contribution in [2.45, 2.75) is 0 Å². The summed E-state index contributed by atoms with van der Waals surface area (Å²) in [6, 6.07) is 2.22. The van der Waals surface area contributed by atoms with E-state index in [0.717, 1.165) is 17.0 Å². The fourth-order valence-electron chi connectivity index (χ4n) is 2.05. The van der Waals surface area contributed by atoms with Gasteiger partial charge in [-0.05, 0) is 22.0 Å². The molecule has 4 N–H and O–H groups in total. The number of carbonyl (C=O) groups excluding carboxylic acids is 3. The molecule has 1 aromatic carbocycles. The SMILES string of the molecule is NC(=O)c1cc(Br)c(NC2=CC(=O)N(CCO)C2=O)c([N+](=O)[O-])c1. The molecule has 1 aliphatic rings. The Labute approximate surface area is 143 Å². The number of aliphatic hydroxyl groups is 1. The van der Waals surface area contributed by atoms with Crippen LogP contribution in [0.25, 0.3) is 0 Å². The van der Waals surface area contributed by atoms with Gasteiger partial charge in [-0.15, -0.1) is 0 Å².